The van der Waals surface area contributed by atoms with Gasteiger partial charge in [-0.1, -0.05) is 69.6 Å². The van der Waals surface area contributed by atoms with Gasteiger partial charge in [0, 0.05) is 0 Å². The maximum atomic E-state index is 8.69. The Morgan fingerprint density at radius 1 is 1.06 bits per heavy atom. The molecule has 0 fully saturated rings. The predicted octanol–water partition coefficient (Wildman–Crippen LogP) is 5.26. The molecule has 1 heterocycles. The van der Waals surface area contributed by atoms with E-state index in [4.69, 9.17) is 74.9 Å². The fourth-order valence-corrected chi connectivity index (χ4v) is 2.11. The molecular formula is C8Cl6N2. The minimum absolute atomic E-state index is 0.0259. The summed E-state index contributed by atoms with van der Waals surface area (Å²) in [5, 5.41) is 8.42. The second-order valence-electron chi connectivity index (χ2n) is 2.44. The average Bonchev–Trinajstić information content (AvgIpc) is 2.23. The van der Waals surface area contributed by atoms with E-state index in [9.17, 15) is 0 Å². The molecule has 0 saturated heterocycles. The number of aromatic nitrogens is 1. The third kappa shape index (κ3) is 2.68. The summed E-state index contributed by atoms with van der Waals surface area (Å²) in [5.74, 6) is 0. The molecule has 0 aliphatic carbocycles. The van der Waals surface area contributed by atoms with Crippen LogP contribution in [0, 0.1) is 11.3 Å². The molecule has 0 aromatic carbocycles. The van der Waals surface area contributed by atoms with E-state index in [1.54, 1.807) is 6.07 Å². The van der Waals surface area contributed by atoms with Crippen LogP contribution in [0.2, 0.25) is 15.2 Å². The summed E-state index contributed by atoms with van der Waals surface area (Å²) in [5.41, 5.74) is -0.00965. The molecule has 0 saturated carbocycles. The molecule has 16 heavy (non-hydrogen) atoms. The first kappa shape index (κ1) is 14.2. The van der Waals surface area contributed by atoms with Crippen molar-refractivity contribution in [1.29, 1.82) is 5.26 Å². The predicted molar refractivity (Wildman–Crippen MR) is 68.5 cm³/mol. The van der Waals surface area contributed by atoms with Crippen LogP contribution >= 0.6 is 69.6 Å². The van der Waals surface area contributed by atoms with Crippen LogP contribution in [-0.2, 0) is 0 Å². The van der Waals surface area contributed by atoms with E-state index >= 15 is 0 Å². The van der Waals surface area contributed by atoms with E-state index in [2.05, 4.69) is 4.98 Å². The van der Waals surface area contributed by atoms with Crippen LogP contribution < -0.4 is 0 Å². The van der Waals surface area contributed by atoms with Gasteiger partial charge in [-0.25, -0.2) is 4.98 Å². The van der Waals surface area contributed by atoms with E-state index in [0.29, 0.717) is 0 Å². The second-order valence-corrected chi connectivity index (χ2v) is 4.88. The summed E-state index contributed by atoms with van der Waals surface area (Å²) in [7, 11) is 0. The minimum Gasteiger partial charge on any atom is -0.223 e. The third-order valence-electron chi connectivity index (χ3n) is 1.53. The third-order valence-corrected chi connectivity index (χ3v) is 3.59. The van der Waals surface area contributed by atoms with E-state index < -0.39 is 0 Å². The monoisotopic (exact) mass is 334 g/mol. The summed E-state index contributed by atoms with van der Waals surface area (Å²) >= 11 is 34.2. The maximum Gasteiger partial charge on any atom is 0.162 e. The van der Waals surface area contributed by atoms with Gasteiger partial charge in [0.1, 0.15) is 15.7 Å². The van der Waals surface area contributed by atoms with Crippen molar-refractivity contribution in [2.24, 2.45) is 0 Å². The first-order valence-electron chi connectivity index (χ1n) is 3.55. The lowest BCUT2D eigenvalue weighted by molar-refractivity contribution is 1.25. The lowest BCUT2D eigenvalue weighted by Gasteiger charge is -2.07. The second kappa shape index (κ2) is 5.64. The molecule has 0 unspecified atom stereocenters. The molecule has 1 aromatic heterocycles. The Balaban J connectivity index is 3.63. The van der Waals surface area contributed by atoms with Gasteiger partial charge in [0.05, 0.1) is 20.6 Å². The summed E-state index contributed by atoms with van der Waals surface area (Å²) in [6.45, 7) is 0. The van der Waals surface area contributed by atoms with Crippen LogP contribution in [0.3, 0.4) is 0 Å². The summed E-state index contributed by atoms with van der Waals surface area (Å²) < 4.78 is -0.229. The van der Waals surface area contributed by atoms with Crippen LogP contribution in [0.25, 0.3) is 5.03 Å². The van der Waals surface area contributed by atoms with Crippen LogP contribution in [0.5, 0.6) is 0 Å². The molecule has 84 valence electrons. The van der Waals surface area contributed by atoms with Crippen LogP contribution in [0.15, 0.2) is 4.49 Å². The standard InChI is InChI=1S/C8Cl6N2/c9-4-2(1-15)16-8(14)3(5(4)10)6(11)7(12)13. The summed E-state index contributed by atoms with van der Waals surface area (Å²) in [6, 6.07) is 1.74. The molecule has 1 aromatic rings. The van der Waals surface area contributed by atoms with Gasteiger partial charge in [0.15, 0.2) is 5.69 Å². The molecule has 0 N–H and O–H groups in total. The van der Waals surface area contributed by atoms with Crippen LogP contribution in [-0.4, -0.2) is 4.98 Å². The highest BCUT2D eigenvalue weighted by molar-refractivity contribution is 6.68. The van der Waals surface area contributed by atoms with Crippen molar-refractivity contribution in [2.75, 3.05) is 0 Å². The van der Waals surface area contributed by atoms with Gasteiger partial charge < -0.3 is 0 Å². The van der Waals surface area contributed by atoms with Crippen molar-refractivity contribution in [3.05, 3.63) is 30.9 Å². The van der Waals surface area contributed by atoms with Crippen molar-refractivity contribution < 1.29 is 0 Å². The first-order chi connectivity index (χ1) is 7.40. The van der Waals surface area contributed by atoms with Gasteiger partial charge in [-0.15, -0.1) is 0 Å². The van der Waals surface area contributed by atoms with Gasteiger partial charge in [0.25, 0.3) is 0 Å². The Hall–Kier alpha value is 0.120. The number of hydrogen-bond acceptors (Lipinski definition) is 2. The summed E-state index contributed by atoms with van der Waals surface area (Å²) in [6.07, 6.45) is 0. The van der Waals surface area contributed by atoms with Gasteiger partial charge >= 0.3 is 0 Å². The van der Waals surface area contributed by atoms with Crippen molar-refractivity contribution >= 4 is 74.6 Å². The fourth-order valence-electron chi connectivity index (χ4n) is 0.863. The topological polar surface area (TPSA) is 36.7 Å². The number of nitriles is 1. The van der Waals surface area contributed by atoms with Gasteiger partial charge in [0.2, 0.25) is 0 Å². The van der Waals surface area contributed by atoms with Crippen molar-refractivity contribution in [2.45, 2.75) is 0 Å². The Morgan fingerprint density at radius 2 is 1.62 bits per heavy atom. The molecule has 2 nitrogen and oxygen atoms in total. The lowest BCUT2D eigenvalue weighted by Crippen LogP contribution is -1.93. The number of halogens is 6. The molecule has 0 atom stereocenters. The Morgan fingerprint density at radius 3 is 2.06 bits per heavy atom. The molecule has 0 amide bonds. The SMILES string of the molecule is N#Cc1nc(Cl)c(C(Cl)=C(Cl)Cl)c(Cl)c1Cl. The van der Waals surface area contributed by atoms with E-state index in [1.807, 2.05) is 0 Å². The Labute approximate surface area is 121 Å². The number of nitrogens with zero attached hydrogens (tertiary/aromatic N) is 2. The zero-order valence-corrected chi connectivity index (χ0v) is 11.7. The molecule has 8 heteroatoms. The van der Waals surface area contributed by atoms with Crippen molar-refractivity contribution in [1.82, 2.24) is 4.98 Å². The highest BCUT2D eigenvalue weighted by Gasteiger charge is 2.20. The number of hydrogen-bond donors (Lipinski definition) is 0. The lowest BCUT2D eigenvalue weighted by atomic mass is 10.2. The maximum absolute atomic E-state index is 8.69. The molecule has 0 radical (unpaired) electrons. The van der Waals surface area contributed by atoms with Crippen LogP contribution in [0.1, 0.15) is 11.3 Å². The highest BCUT2D eigenvalue weighted by Crippen LogP contribution is 2.40. The Bertz CT molecular complexity index is 512. The average molecular weight is 337 g/mol. The largest absolute Gasteiger partial charge is 0.223 e. The molecule has 0 spiro atoms. The quantitative estimate of drug-likeness (QED) is 0.656. The summed E-state index contributed by atoms with van der Waals surface area (Å²) in [4.78, 5) is 3.71. The Kier molecular flexibility index (Phi) is 5.00. The van der Waals surface area contributed by atoms with E-state index in [-0.39, 0.29) is 36.0 Å². The fraction of sp³-hybridized carbons (Fsp3) is 0. The minimum atomic E-state index is -0.229. The molecule has 0 aliphatic rings. The van der Waals surface area contributed by atoms with Crippen molar-refractivity contribution in [3.63, 3.8) is 0 Å². The van der Waals surface area contributed by atoms with E-state index in [1.165, 1.54) is 0 Å². The molecule has 1 rings (SSSR count). The highest BCUT2D eigenvalue weighted by atomic mass is 35.5. The van der Waals surface area contributed by atoms with E-state index in [0.717, 1.165) is 0 Å². The zero-order chi connectivity index (χ0) is 12.5. The zero-order valence-electron chi connectivity index (χ0n) is 7.16. The molecule has 0 bridgehead atoms. The van der Waals surface area contributed by atoms with Gasteiger partial charge in [-0.2, -0.15) is 5.26 Å². The molecule has 0 aliphatic heterocycles. The van der Waals surface area contributed by atoms with Gasteiger partial charge in [-0.05, 0) is 0 Å². The van der Waals surface area contributed by atoms with Gasteiger partial charge in [-0.3, -0.25) is 0 Å². The smallest absolute Gasteiger partial charge is 0.162 e. The first-order valence-corrected chi connectivity index (χ1v) is 5.82. The normalized spacial score (nSPS) is 9.81. The number of rotatable bonds is 1. The number of pyridine rings is 1. The van der Waals surface area contributed by atoms with Crippen molar-refractivity contribution in [3.8, 4) is 6.07 Å². The van der Waals surface area contributed by atoms with Crippen LogP contribution in [0.4, 0.5) is 0 Å². The molecular weight excluding hydrogens is 337 g/mol.